The number of nitrogens with zero attached hydrogens (tertiary/aromatic N) is 1. The van der Waals surface area contributed by atoms with Crippen molar-refractivity contribution in [1.82, 2.24) is 5.32 Å². The fourth-order valence-corrected chi connectivity index (χ4v) is 2.88. The number of amides is 1. The number of hydrogen-bond acceptors (Lipinski definition) is 3. The van der Waals surface area contributed by atoms with E-state index in [9.17, 15) is 9.18 Å². The highest BCUT2D eigenvalue weighted by Crippen LogP contribution is 2.19. The Morgan fingerprint density at radius 2 is 1.88 bits per heavy atom. The standard InChI is InChI=1S/C18H18ClFN2O2/c19-15-2-1-3-16(20)17(15)18(23)21-12-13-4-6-14(7-5-13)22-8-10-24-11-9-22/h1-7H,8-12H2,(H,21,23). The molecular formula is C18H18ClFN2O2. The molecule has 0 radical (unpaired) electrons. The molecule has 2 aromatic rings. The molecule has 1 saturated heterocycles. The first-order chi connectivity index (χ1) is 11.6. The zero-order chi connectivity index (χ0) is 16.9. The SMILES string of the molecule is O=C(NCc1ccc(N2CCOCC2)cc1)c1c(F)cccc1Cl. The fraction of sp³-hybridized carbons (Fsp3) is 0.278. The molecule has 0 unspecified atom stereocenters. The van der Waals surface area contributed by atoms with Crippen LogP contribution in [0.4, 0.5) is 10.1 Å². The van der Waals surface area contributed by atoms with Crippen LogP contribution in [0.2, 0.25) is 5.02 Å². The first-order valence-electron chi connectivity index (χ1n) is 7.79. The quantitative estimate of drug-likeness (QED) is 0.922. The van der Waals surface area contributed by atoms with E-state index in [-0.39, 0.29) is 10.6 Å². The van der Waals surface area contributed by atoms with E-state index in [4.69, 9.17) is 16.3 Å². The molecule has 3 rings (SSSR count). The highest BCUT2D eigenvalue weighted by atomic mass is 35.5. The Bertz CT molecular complexity index is 695. The van der Waals surface area contributed by atoms with Crippen molar-refractivity contribution in [1.29, 1.82) is 0 Å². The van der Waals surface area contributed by atoms with Crippen molar-refractivity contribution in [2.45, 2.75) is 6.54 Å². The summed E-state index contributed by atoms with van der Waals surface area (Å²) < 4.78 is 19.1. The second-order valence-electron chi connectivity index (χ2n) is 5.55. The van der Waals surface area contributed by atoms with Crippen molar-refractivity contribution in [2.24, 2.45) is 0 Å². The highest BCUT2D eigenvalue weighted by Gasteiger charge is 2.15. The molecule has 1 aliphatic rings. The summed E-state index contributed by atoms with van der Waals surface area (Å²) in [5.74, 6) is -1.14. The van der Waals surface area contributed by atoms with Crippen LogP contribution in [0.5, 0.6) is 0 Å². The summed E-state index contributed by atoms with van der Waals surface area (Å²) in [4.78, 5) is 14.4. The molecule has 4 nitrogen and oxygen atoms in total. The van der Waals surface area contributed by atoms with Gasteiger partial charge in [-0.1, -0.05) is 29.8 Å². The van der Waals surface area contributed by atoms with E-state index in [1.165, 1.54) is 18.2 Å². The largest absolute Gasteiger partial charge is 0.378 e. The van der Waals surface area contributed by atoms with E-state index in [1.807, 2.05) is 24.3 Å². The summed E-state index contributed by atoms with van der Waals surface area (Å²) in [6.07, 6.45) is 0. The van der Waals surface area contributed by atoms with Crippen LogP contribution >= 0.6 is 11.6 Å². The maximum atomic E-state index is 13.7. The fourth-order valence-electron chi connectivity index (χ4n) is 2.63. The van der Waals surface area contributed by atoms with Crippen LogP contribution in [-0.4, -0.2) is 32.2 Å². The summed E-state index contributed by atoms with van der Waals surface area (Å²) in [7, 11) is 0. The van der Waals surface area contributed by atoms with Crippen LogP contribution in [0.25, 0.3) is 0 Å². The lowest BCUT2D eigenvalue weighted by Crippen LogP contribution is -2.36. The summed E-state index contributed by atoms with van der Waals surface area (Å²) in [5.41, 5.74) is 1.95. The van der Waals surface area contributed by atoms with Gasteiger partial charge in [0.05, 0.1) is 23.8 Å². The Morgan fingerprint density at radius 1 is 1.17 bits per heavy atom. The molecule has 0 bridgehead atoms. The van der Waals surface area contributed by atoms with Crippen LogP contribution in [-0.2, 0) is 11.3 Å². The minimum absolute atomic E-state index is 0.107. The van der Waals surface area contributed by atoms with E-state index >= 15 is 0 Å². The number of rotatable bonds is 4. The van der Waals surface area contributed by atoms with Crippen LogP contribution in [0.1, 0.15) is 15.9 Å². The Balaban J connectivity index is 1.61. The number of carbonyl (C=O) groups excluding carboxylic acids is 1. The van der Waals surface area contributed by atoms with Gasteiger partial charge in [0.25, 0.3) is 5.91 Å². The molecular weight excluding hydrogens is 331 g/mol. The summed E-state index contributed by atoms with van der Waals surface area (Å²) in [5, 5.41) is 2.81. The van der Waals surface area contributed by atoms with Gasteiger partial charge in [0.1, 0.15) is 5.82 Å². The zero-order valence-corrected chi connectivity index (χ0v) is 13.9. The van der Waals surface area contributed by atoms with Gasteiger partial charge < -0.3 is 15.0 Å². The molecule has 0 aliphatic carbocycles. The summed E-state index contributed by atoms with van der Waals surface area (Å²) in [6.45, 7) is 3.54. The number of anilines is 1. The number of nitrogens with one attached hydrogen (secondary N) is 1. The molecule has 1 aliphatic heterocycles. The number of morpholine rings is 1. The minimum atomic E-state index is -0.623. The van der Waals surface area contributed by atoms with Gasteiger partial charge >= 0.3 is 0 Å². The molecule has 1 amide bonds. The third kappa shape index (κ3) is 3.86. The third-order valence-electron chi connectivity index (χ3n) is 3.96. The highest BCUT2D eigenvalue weighted by molar-refractivity contribution is 6.33. The molecule has 6 heteroatoms. The third-order valence-corrected chi connectivity index (χ3v) is 4.27. The van der Waals surface area contributed by atoms with Crippen LogP contribution < -0.4 is 10.2 Å². The average molecular weight is 349 g/mol. The number of halogens is 2. The maximum absolute atomic E-state index is 13.7. The van der Waals surface area contributed by atoms with E-state index in [0.717, 1.165) is 37.6 Å². The number of carbonyl (C=O) groups is 1. The maximum Gasteiger partial charge on any atom is 0.256 e. The van der Waals surface area contributed by atoms with Crippen molar-refractivity contribution >= 4 is 23.2 Å². The average Bonchev–Trinajstić information content (AvgIpc) is 2.61. The molecule has 1 fully saturated rings. The smallest absolute Gasteiger partial charge is 0.256 e. The normalized spacial score (nSPS) is 14.5. The van der Waals surface area contributed by atoms with Gasteiger partial charge in [-0.25, -0.2) is 4.39 Å². The van der Waals surface area contributed by atoms with Crippen molar-refractivity contribution in [2.75, 3.05) is 31.2 Å². The van der Waals surface area contributed by atoms with E-state index in [2.05, 4.69) is 10.2 Å². The number of ether oxygens (including phenoxy) is 1. The summed E-state index contributed by atoms with van der Waals surface area (Å²) in [6, 6.07) is 12.1. The van der Waals surface area contributed by atoms with Crippen LogP contribution in [0.3, 0.4) is 0 Å². The van der Waals surface area contributed by atoms with Crippen LogP contribution in [0.15, 0.2) is 42.5 Å². The van der Waals surface area contributed by atoms with Gasteiger partial charge in [0.2, 0.25) is 0 Å². The Kier molecular flexibility index (Phi) is 5.33. The monoisotopic (exact) mass is 348 g/mol. The zero-order valence-electron chi connectivity index (χ0n) is 13.1. The Hall–Kier alpha value is -2.11. The number of hydrogen-bond donors (Lipinski definition) is 1. The molecule has 1 heterocycles. The van der Waals surface area contributed by atoms with E-state index < -0.39 is 11.7 Å². The predicted octanol–water partition coefficient (Wildman–Crippen LogP) is 3.25. The summed E-state index contributed by atoms with van der Waals surface area (Å²) >= 11 is 5.90. The molecule has 0 aromatic heterocycles. The van der Waals surface area contributed by atoms with Crippen molar-refractivity contribution < 1.29 is 13.9 Å². The van der Waals surface area contributed by atoms with Gasteiger partial charge in [-0.15, -0.1) is 0 Å². The molecule has 0 saturated carbocycles. The predicted molar refractivity (Wildman–Crippen MR) is 92.1 cm³/mol. The first kappa shape index (κ1) is 16.7. The topological polar surface area (TPSA) is 41.6 Å². The van der Waals surface area contributed by atoms with Gasteiger partial charge in [-0.2, -0.15) is 0 Å². The lowest BCUT2D eigenvalue weighted by molar-refractivity contribution is 0.0947. The minimum Gasteiger partial charge on any atom is -0.378 e. The van der Waals surface area contributed by atoms with E-state index in [0.29, 0.717) is 6.54 Å². The Morgan fingerprint density at radius 3 is 2.54 bits per heavy atom. The molecule has 1 N–H and O–H groups in total. The second kappa shape index (κ2) is 7.64. The lowest BCUT2D eigenvalue weighted by atomic mass is 10.1. The van der Waals surface area contributed by atoms with Gasteiger partial charge in [-0.05, 0) is 29.8 Å². The number of benzene rings is 2. The Labute approximate surface area is 145 Å². The second-order valence-corrected chi connectivity index (χ2v) is 5.95. The van der Waals surface area contributed by atoms with Crippen LogP contribution in [0, 0.1) is 5.82 Å². The molecule has 126 valence electrons. The molecule has 24 heavy (non-hydrogen) atoms. The molecule has 2 aromatic carbocycles. The molecule has 0 spiro atoms. The van der Waals surface area contributed by atoms with Crippen molar-refractivity contribution in [3.05, 3.63) is 64.4 Å². The van der Waals surface area contributed by atoms with Gasteiger partial charge in [0.15, 0.2) is 0 Å². The van der Waals surface area contributed by atoms with Crippen molar-refractivity contribution in [3.8, 4) is 0 Å². The van der Waals surface area contributed by atoms with E-state index in [1.54, 1.807) is 0 Å². The lowest BCUT2D eigenvalue weighted by Gasteiger charge is -2.28. The molecule has 0 atom stereocenters. The first-order valence-corrected chi connectivity index (χ1v) is 8.17. The van der Waals surface area contributed by atoms with Gasteiger partial charge in [-0.3, -0.25) is 4.79 Å². The van der Waals surface area contributed by atoms with Gasteiger partial charge in [0, 0.05) is 25.3 Å². The van der Waals surface area contributed by atoms with Crippen molar-refractivity contribution in [3.63, 3.8) is 0 Å².